The van der Waals surface area contributed by atoms with Gasteiger partial charge in [0.25, 0.3) is 5.92 Å². The molecule has 0 unspecified atom stereocenters. The minimum atomic E-state index is -2.74. The van der Waals surface area contributed by atoms with E-state index < -0.39 is 22.4 Å². The standard InChI is InChI=1S/C10H10F3N3O2/c11-7-5-8(16(17)18)9(14-6-7)15-3-1-10(12,13)2-4-15/h5-6H,1-4H2. The summed E-state index contributed by atoms with van der Waals surface area (Å²) < 4.78 is 38.8. The third kappa shape index (κ3) is 2.52. The lowest BCUT2D eigenvalue weighted by molar-refractivity contribution is -0.384. The van der Waals surface area contributed by atoms with E-state index in [0.29, 0.717) is 0 Å². The van der Waals surface area contributed by atoms with Crippen molar-refractivity contribution in [3.63, 3.8) is 0 Å². The van der Waals surface area contributed by atoms with Crippen LogP contribution in [-0.4, -0.2) is 28.9 Å². The molecule has 0 N–H and O–H groups in total. The average molecular weight is 261 g/mol. The van der Waals surface area contributed by atoms with Crippen molar-refractivity contribution >= 4 is 11.5 Å². The first-order chi connectivity index (χ1) is 8.39. The normalized spacial score (nSPS) is 18.7. The van der Waals surface area contributed by atoms with E-state index in [0.717, 1.165) is 12.3 Å². The predicted octanol–water partition coefficient (Wildman–Crippen LogP) is 2.36. The van der Waals surface area contributed by atoms with Crippen molar-refractivity contribution in [1.82, 2.24) is 4.98 Å². The summed E-state index contributed by atoms with van der Waals surface area (Å²) in [5.74, 6) is -3.63. The van der Waals surface area contributed by atoms with Crippen LogP contribution in [0.2, 0.25) is 0 Å². The van der Waals surface area contributed by atoms with Crippen molar-refractivity contribution in [3.05, 3.63) is 28.2 Å². The number of anilines is 1. The van der Waals surface area contributed by atoms with E-state index in [2.05, 4.69) is 4.98 Å². The van der Waals surface area contributed by atoms with Crippen LogP contribution in [0.4, 0.5) is 24.7 Å². The van der Waals surface area contributed by atoms with Gasteiger partial charge < -0.3 is 4.90 Å². The second-order valence-corrected chi connectivity index (χ2v) is 4.10. The van der Waals surface area contributed by atoms with Crippen LogP contribution in [0.1, 0.15) is 12.8 Å². The molecule has 0 radical (unpaired) electrons. The summed E-state index contributed by atoms with van der Waals surface area (Å²) in [4.78, 5) is 15.0. The molecule has 18 heavy (non-hydrogen) atoms. The van der Waals surface area contributed by atoms with E-state index in [1.54, 1.807) is 0 Å². The van der Waals surface area contributed by atoms with Gasteiger partial charge in [-0.3, -0.25) is 10.1 Å². The van der Waals surface area contributed by atoms with E-state index in [1.807, 2.05) is 0 Å². The summed E-state index contributed by atoms with van der Waals surface area (Å²) in [7, 11) is 0. The lowest BCUT2D eigenvalue weighted by Crippen LogP contribution is -2.40. The Balaban J connectivity index is 2.26. The molecule has 98 valence electrons. The molecule has 1 saturated heterocycles. The third-order valence-electron chi connectivity index (χ3n) is 2.81. The number of nitro groups is 1. The smallest absolute Gasteiger partial charge is 0.314 e. The molecule has 0 spiro atoms. The van der Waals surface area contributed by atoms with E-state index in [9.17, 15) is 23.3 Å². The number of rotatable bonds is 2. The van der Waals surface area contributed by atoms with Gasteiger partial charge in [0.05, 0.1) is 17.2 Å². The first-order valence-electron chi connectivity index (χ1n) is 5.32. The first kappa shape index (κ1) is 12.6. The Morgan fingerprint density at radius 3 is 2.56 bits per heavy atom. The molecule has 0 aliphatic carbocycles. The number of alkyl halides is 2. The Kier molecular flexibility index (Phi) is 3.10. The van der Waals surface area contributed by atoms with Crippen LogP contribution >= 0.6 is 0 Å². The van der Waals surface area contributed by atoms with Crippen LogP contribution in [0.15, 0.2) is 12.3 Å². The second-order valence-electron chi connectivity index (χ2n) is 4.10. The fraction of sp³-hybridized carbons (Fsp3) is 0.500. The SMILES string of the molecule is O=[N+]([O-])c1cc(F)cnc1N1CCC(F)(F)CC1. The number of pyridine rings is 1. The maximum atomic E-state index is 13.0. The molecule has 0 bridgehead atoms. The van der Waals surface area contributed by atoms with Gasteiger partial charge in [-0.1, -0.05) is 0 Å². The van der Waals surface area contributed by atoms with E-state index >= 15 is 0 Å². The summed E-state index contributed by atoms with van der Waals surface area (Å²) in [5, 5.41) is 10.8. The fourth-order valence-electron chi connectivity index (χ4n) is 1.85. The van der Waals surface area contributed by atoms with Crippen LogP contribution in [-0.2, 0) is 0 Å². The molecule has 1 aromatic heterocycles. The zero-order chi connectivity index (χ0) is 13.3. The highest BCUT2D eigenvalue weighted by atomic mass is 19.3. The van der Waals surface area contributed by atoms with Gasteiger partial charge in [0.2, 0.25) is 5.82 Å². The molecule has 1 fully saturated rings. The van der Waals surface area contributed by atoms with Gasteiger partial charge in [0, 0.05) is 25.9 Å². The minimum absolute atomic E-state index is 0.0352. The number of hydrogen-bond donors (Lipinski definition) is 0. The van der Waals surface area contributed by atoms with E-state index in [-0.39, 0.29) is 31.7 Å². The Hall–Kier alpha value is -1.86. The molecule has 2 rings (SSSR count). The number of piperidine rings is 1. The van der Waals surface area contributed by atoms with Crippen LogP contribution in [0.3, 0.4) is 0 Å². The van der Waals surface area contributed by atoms with Gasteiger partial charge in [-0.15, -0.1) is 0 Å². The number of hydrogen-bond acceptors (Lipinski definition) is 4. The zero-order valence-electron chi connectivity index (χ0n) is 9.28. The Labute approximate surface area is 100 Å². The topological polar surface area (TPSA) is 59.3 Å². The summed E-state index contributed by atoms with van der Waals surface area (Å²) in [5.41, 5.74) is -0.500. The first-order valence-corrected chi connectivity index (χ1v) is 5.32. The molecular formula is C10H10F3N3O2. The van der Waals surface area contributed by atoms with Gasteiger partial charge >= 0.3 is 5.69 Å². The Bertz CT molecular complexity index is 471. The highest BCUT2D eigenvalue weighted by molar-refractivity contribution is 5.57. The molecule has 0 amide bonds. The maximum Gasteiger partial charge on any atom is 0.314 e. The number of halogens is 3. The van der Waals surface area contributed by atoms with E-state index in [4.69, 9.17) is 0 Å². The molecule has 0 atom stereocenters. The molecule has 1 aliphatic heterocycles. The van der Waals surface area contributed by atoms with Crippen molar-refractivity contribution in [3.8, 4) is 0 Å². The summed E-state index contributed by atoms with van der Waals surface area (Å²) >= 11 is 0. The van der Waals surface area contributed by atoms with E-state index in [1.165, 1.54) is 4.90 Å². The van der Waals surface area contributed by atoms with Gasteiger partial charge in [0.15, 0.2) is 0 Å². The highest BCUT2D eigenvalue weighted by Crippen LogP contribution is 2.33. The molecule has 1 aromatic rings. The highest BCUT2D eigenvalue weighted by Gasteiger charge is 2.36. The van der Waals surface area contributed by atoms with Crippen LogP contribution in [0, 0.1) is 15.9 Å². The molecule has 2 heterocycles. The molecular weight excluding hydrogens is 251 g/mol. The maximum absolute atomic E-state index is 13.0. The zero-order valence-corrected chi connectivity index (χ0v) is 9.28. The Morgan fingerprint density at radius 2 is 2.00 bits per heavy atom. The van der Waals surface area contributed by atoms with Gasteiger partial charge in [-0.2, -0.15) is 0 Å². The van der Waals surface area contributed by atoms with Crippen molar-refractivity contribution < 1.29 is 18.1 Å². The monoisotopic (exact) mass is 261 g/mol. The third-order valence-corrected chi connectivity index (χ3v) is 2.81. The molecule has 8 heteroatoms. The summed E-state index contributed by atoms with van der Waals surface area (Å²) in [6, 6.07) is 0.745. The summed E-state index contributed by atoms with van der Waals surface area (Å²) in [6.45, 7) is -0.0705. The van der Waals surface area contributed by atoms with Crippen molar-refractivity contribution in [1.29, 1.82) is 0 Å². The predicted molar refractivity (Wildman–Crippen MR) is 57.2 cm³/mol. The number of aromatic nitrogens is 1. The largest absolute Gasteiger partial charge is 0.350 e. The Morgan fingerprint density at radius 1 is 1.39 bits per heavy atom. The molecule has 1 aliphatic rings. The van der Waals surface area contributed by atoms with Crippen LogP contribution in [0.25, 0.3) is 0 Å². The quantitative estimate of drug-likeness (QED) is 0.605. The minimum Gasteiger partial charge on any atom is -0.350 e. The van der Waals surface area contributed by atoms with Gasteiger partial charge in [0.1, 0.15) is 5.82 Å². The lowest BCUT2D eigenvalue weighted by atomic mass is 10.1. The molecule has 0 aromatic carbocycles. The summed E-state index contributed by atoms with van der Waals surface area (Å²) in [6.07, 6.45) is 0.0709. The number of nitrogens with zero attached hydrogens (tertiary/aromatic N) is 3. The van der Waals surface area contributed by atoms with Crippen molar-refractivity contribution in [2.24, 2.45) is 0 Å². The average Bonchev–Trinajstić information content (AvgIpc) is 2.29. The second kappa shape index (κ2) is 4.43. The van der Waals surface area contributed by atoms with Gasteiger partial charge in [-0.25, -0.2) is 18.2 Å². The van der Waals surface area contributed by atoms with Crippen molar-refractivity contribution in [2.45, 2.75) is 18.8 Å². The van der Waals surface area contributed by atoms with Crippen LogP contribution < -0.4 is 4.90 Å². The fourth-order valence-corrected chi connectivity index (χ4v) is 1.85. The molecule has 0 saturated carbocycles. The van der Waals surface area contributed by atoms with Crippen molar-refractivity contribution in [2.75, 3.05) is 18.0 Å². The van der Waals surface area contributed by atoms with Gasteiger partial charge in [-0.05, 0) is 0 Å². The molecule has 5 nitrogen and oxygen atoms in total. The van der Waals surface area contributed by atoms with Crippen LogP contribution in [0.5, 0.6) is 0 Å². The lowest BCUT2D eigenvalue weighted by Gasteiger charge is -2.32.